The largest absolute Gasteiger partial charge is 0.206 e. The first-order valence-corrected chi connectivity index (χ1v) is 5.72. The summed E-state index contributed by atoms with van der Waals surface area (Å²) < 4.78 is 13.8. The molecule has 0 spiro atoms. The number of halogens is 2. The summed E-state index contributed by atoms with van der Waals surface area (Å²) in [6.07, 6.45) is 0.896. The molecule has 1 atom stereocenters. The van der Waals surface area contributed by atoms with Gasteiger partial charge in [0.25, 0.3) is 0 Å². The molecule has 0 nitrogen and oxygen atoms in total. The molecule has 1 aromatic rings. The van der Waals surface area contributed by atoms with Crippen LogP contribution in [0.4, 0.5) is 4.39 Å². The molecular weight excluding hydrogens is 211 g/mol. The Morgan fingerprint density at radius 3 is 2.60 bits per heavy atom. The fourth-order valence-corrected chi connectivity index (χ4v) is 3.26. The quantitative estimate of drug-likeness (QED) is 0.575. The second kappa shape index (κ2) is 3.21. The molecule has 0 fully saturated rings. The molecule has 0 saturated carbocycles. The predicted octanol–water partition coefficient (Wildman–Crippen LogP) is 4.40. The molecular formula is C13H16ClF. The van der Waals surface area contributed by atoms with Gasteiger partial charge >= 0.3 is 0 Å². The molecule has 0 N–H and O–H groups in total. The molecule has 1 aliphatic carbocycles. The van der Waals surface area contributed by atoms with Crippen molar-refractivity contribution in [3.63, 3.8) is 0 Å². The topological polar surface area (TPSA) is 0 Å². The van der Waals surface area contributed by atoms with Crippen LogP contribution in [0.5, 0.6) is 0 Å². The zero-order valence-electron chi connectivity index (χ0n) is 9.62. The van der Waals surface area contributed by atoms with E-state index < -0.39 is 0 Å². The Labute approximate surface area is 95.4 Å². The van der Waals surface area contributed by atoms with Gasteiger partial charge in [0.1, 0.15) is 5.82 Å². The lowest BCUT2D eigenvalue weighted by Gasteiger charge is -2.20. The highest BCUT2D eigenvalue weighted by Gasteiger charge is 2.37. The molecule has 2 rings (SSSR count). The number of alkyl halides is 1. The Morgan fingerprint density at radius 2 is 2.00 bits per heavy atom. The maximum atomic E-state index is 13.8. The van der Waals surface area contributed by atoms with Crippen molar-refractivity contribution in [2.45, 2.75) is 44.9 Å². The molecule has 0 saturated heterocycles. The third-order valence-corrected chi connectivity index (χ3v) is 3.83. The lowest BCUT2D eigenvalue weighted by atomic mass is 9.85. The standard InChI is InChI=1S/C13H16ClF/c1-7-5-9-11(8(2)12(7)15)10(14)6-13(9,3)4/h5,10H,6H2,1-4H3. The van der Waals surface area contributed by atoms with Crippen LogP contribution in [0.25, 0.3) is 0 Å². The van der Waals surface area contributed by atoms with Gasteiger partial charge in [0.05, 0.1) is 5.38 Å². The van der Waals surface area contributed by atoms with E-state index in [1.165, 1.54) is 5.56 Å². The van der Waals surface area contributed by atoms with Gasteiger partial charge in [0, 0.05) is 0 Å². The number of aryl methyl sites for hydroxylation is 1. The number of benzene rings is 1. The monoisotopic (exact) mass is 226 g/mol. The van der Waals surface area contributed by atoms with Crippen LogP contribution < -0.4 is 0 Å². The normalized spacial score (nSPS) is 22.9. The highest BCUT2D eigenvalue weighted by Crippen LogP contribution is 2.49. The lowest BCUT2D eigenvalue weighted by molar-refractivity contribution is 0.516. The molecule has 82 valence electrons. The molecule has 1 aromatic carbocycles. The second-order valence-corrected chi connectivity index (χ2v) is 5.68. The first-order chi connectivity index (χ1) is 6.84. The van der Waals surface area contributed by atoms with E-state index in [-0.39, 0.29) is 16.6 Å². The van der Waals surface area contributed by atoms with E-state index in [4.69, 9.17) is 11.6 Å². The molecule has 1 aliphatic rings. The Bertz CT molecular complexity index is 421. The second-order valence-electron chi connectivity index (χ2n) is 5.15. The van der Waals surface area contributed by atoms with Gasteiger partial charge < -0.3 is 0 Å². The summed E-state index contributed by atoms with van der Waals surface area (Å²) in [6.45, 7) is 7.99. The van der Waals surface area contributed by atoms with Crippen molar-refractivity contribution in [1.82, 2.24) is 0 Å². The minimum atomic E-state index is -0.0999. The molecule has 2 heteroatoms. The van der Waals surface area contributed by atoms with Gasteiger partial charge in [-0.05, 0) is 47.9 Å². The summed E-state index contributed by atoms with van der Waals surface area (Å²) in [7, 11) is 0. The van der Waals surface area contributed by atoms with Crippen LogP contribution in [0.3, 0.4) is 0 Å². The van der Waals surface area contributed by atoms with Crippen molar-refractivity contribution >= 4 is 11.6 Å². The summed E-state index contributed by atoms with van der Waals surface area (Å²) in [5.41, 5.74) is 3.77. The molecule has 0 heterocycles. The summed E-state index contributed by atoms with van der Waals surface area (Å²) in [5.74, 6) is -0.0999. The fraction of sp³-hybridized carbons (Fsp3) is 0.538. The molecule has 0 amide bonds. The van der Waals surface area contributed by atoms with E-state index in [1.807, 2.05) is 19.9 Å². The van der Waals surface area contributed by atoms with Gasteiger partial charge in [-0.2, -0.15) is 0 Å². The van der Waals surface area contributed by atoms with Crippen LogP contribution in [-0.2, 0) is 5.41 Å². The predicted molar refractivity (Wildman–Crippen MR) is 62.1 cm³/mol. The Kier molecular flexibility index (Phi) is 2.34. The van der Waals surface area contributed by atoms with Crippen LogP contribution in [0.2, 0.25) is 0 Å². The van der Waals surface area contributed by atoms with E-state index in [0.717, 1.165) is 23.1 Å². The van der Waals surface area contributed by atoms with Crippen LogP contribution >= 0.6 is 11.6 Å². The van der Waals surface area contributed by atoms with E-state index in [2.05, 4.69) is 13.8 Å². The van der Waals surface area contributed by atoms with Gasteiger partial charge in [-0.3, -0.25) is 0 Å². The first-order valence-electron chi connectivity index (χ1n) is 5.29. The third kappa shape index (κ3) is 1.48. The zero-order valence-corrected chi connectivity index (χ0v) is 10.4. The summed E-state index contributed by atoms with van der Waals surface area (Å²) in [6, 6.07) is 1.96. The summed E-state index contributed by atoms with van der Waals surface area (Å²) >= 11 is 6.29. The Hall–Kier alpha value is -0.560. The molecule has 0 radical (unpaired) electrons. The van der Waals surface area contributed by atoms with Crippen LogP contribution in [0.1, 0.15) is 47.9 Å². The summed E-state index contributed by atoms with van der Waals surface area (Å²) in [4.78, 5) is 0. The van der Waals surface area contributed by atoms with E-state index in [9.17, 15) is 4.39 Å². The van der Waals surface area contributed by atoms with Gasteiger partial charge in [-0.15, -0.1) is 11.6 Å². The van der Waals surface area contributed by atoms with Gasteiger partial charge in [-0.1, -0.05) is 19.9 Å². The highest BCUT2D eigenvalue weighted by molar-refractivity contribution is 6.21. The average molecular weight is 227 g/mol. The molecule has 15 heavy (non-hydrogen) atoms. The van der Waals surface area contributed by atoms with Crippen molar-refractivity contribution in [2.75, 3.05) is 0 Å². The van der Waals surface area contributed by atoms with Crippen LogP contribution in [-0.4, -0.2) is 0 Å². The maximum Gasteiger partial charge on any atom is 0.129 e. The highest BCUT2D eigenvalue weighted by atomic mass is 35.5. The number of fused-ring (bicyclic) bond motifs is 1. The van der Waals surface area contributed by atoms with Crippen molar-refractivity contribution in [3.05, 3.63) is 34.1 Å². The number of hydrogen-bond donors (Lipinski definition) is 0. The molecule has 0 bridgehead atoms. The van der Waals surface area contributed by atoms with Crippen molar-refractivity contribution in [1.29, 1.82) is 0 Å². The van der Waals surface area contributed by atoms with Gasteiger partial charge in [0.2, 0.25) is 0 Å². The molecule has 0 aromatic heterocycles. The SMILES string of the molecule is Cc1cc2c(c(C)c1F)C(Cl)CC2(C)C. The molecule has 0 aliphatic heterocycles. The Morgan fingerprint density at radius 1 is 1.40 bits per heavy atom. The lowest BCUT2D eigenvalue weighted by Crippen LogP contribution is -2.12. The minimum Gasteiger partial charge on any atom is -0.206 e. The van der Waals surface area contributed by atoms with Gasteiger partial charge in [0.15, 0.2) is 0 Å². The molecule has 1 unspecified atom stereocenters. The fourth-order valence-electron chi connectivity index (χ4n) is 2.60. The maximum absolute atomic E-state index is 13.8. The van der Waals surface area contributed by atoms with Crippen LogP contribution in [0.15, 0.2) is 6.07 Å². The van der Waals surface area contributed by atoms with Crippen molar-refractivity contribution in [3.8, 4) is 0 Å². The average Bonchev–Trinajstić information content (AvgIpc) is 2.33. The number of rotatable bonds is 0. The minimum absolute atomic E-state index is 0.0369. The van der Waals surface area contributed by atoms with Crippen molar-refractivity contribution < 1.29 is 4.39 Å². The Balaban J connectivity index is 2.75. The van der Waals surface area contributed by atoms with E-state index in [0.29, 0.717) is 0 Å². The van der Waals surface area contributed by atoms with Crippen LogP contribution in [0, 0.1) is 19.7 Å². The zero-order chi connectivity index (χ0) is 11.4. The van der Waals surface area contributed by atoms with E-state index in [1.54, 1.807) is 0 Å². The van der Waals surface area contributed by atoms with E-state index >= 15 is 0 Å². The van der Waals surface area contributed by atoms with Crippen molar-refractivity contribution in [2.24, 2.45) is 0 Å². The third-order valence-electron chi connectivity index (χ3n) is 3.46. The number of hydrogen-bond acceptors (Lipinski definition) is 0. The smallest absolute Gasteiger partial charge is 0.129 e. The summed E-state index contributed by atoms with van der Waals surface area (Å²) in [5, 5.41) is -0.0369. The first kappa shape index (κ1) is 10.9. The van der Waals surface area contributed by atoms with Gasteiger partial charge in [-0.25, -0.2) is 4.39 Å².